The maximum Gasteiger partial charge on any atom is 0.119 e. The molecule has 0 unspecified atom stereocenters. The predicted octanol–water partition coefficient (Wildman–Crippen LogP) is 1.97. The number of rotatable bonds is 4. The van der Waals surface area contributed by atoms with Crippen molar-refractivity contribution >= 4 is 0 Å². The Bertz CT molecular complexity index is 241. The molecule has 0 spiro atoms. The zero-order valence-corrected chi connectivity index (χ0v) is 8.29. The van der Waals surface area contributed by atoms with Gasteiger partial charge in [-0.3, -0.25) is 0 Å². The van der Waals surface area contributed by atoms with Crippen LogP contribution in [-0.4, -0.2) is 12.6 Å². The lowest BCUT2D eigenvalue weighted by atomic mass is 10.1. The summed E-state index contributed by atoms with van der Waals surface area (Å²) in [4.78, 5) is 0. The maximum atomic E-state index is 5.69. The Labute approximate surface area is 79.7 Å². The highest BCUT2D eigenvalue weighted by atomic mass is 16.5. The number of nitrogens with two attached hydrogens (primary N) is 1. The van der Waals surface area contributed by atoms with Crippen LogP contribution in [0.4, 0.5) is 0 Å². The summed E-state index contributed by atoms with van der Waals surface area (Å²) < 4.78 is 5.33. The van der Waals surface area contributed by atoms with Crippen molar-refractivity contribution in [1.82, 2.24) is 0 Å². The lowest BCUT2D eigenvalue weighted by Gasteiger charge is -2.06. The van der Waals surface area contributed by atoms with Gasteiger partial charge in [0.2, 0.25) is 0 Å². The zero-order chi connectivity index (χ0) is 9.68. The van der Waals surface area contributed by atoms with Gasteiger partial charge in [0.25, 0.3) is 0 Å². The Morgan fingerprint density at radius 3 is 2.38 bits per heavy atom. The van der Waals surface area contributed by atoms with Crippen LogP contribution in [0, 0.1) is 0 Å². The van der Waals surface area contributed by atoms with E-state index in [0.717, 1.165) is 12.2 Å². The van der Waals surface area contributed by atoms with Crippen LogP contribution in [0.25, 0.3) is 0 Å². The monoisotopic (exact) mass is 179 g/mol. The van der Waals surface area contributed by atoms with E-state index < -0.39 is 0 Å². The summed E-state index contributed by atoms with van der Waals surface area (Å²) in [5.41, 5.74) is 6.95. The van der Waals surface area contributed by atoms with Crippen molar-refractivity contribution in [2.24, 2.45) is 5.73 Å². The van der Waals surface area contributed by atoms with Gasteiger partial charge in [0.15, 0.2) is 0 Å². The van der Waals surface area contributed by atoms with Crippen LogP contribution in [0.2, 0.25) is 0 Å². The van der Waals surface area contributed by atoms with Crippen LogP contribution >= 0.6 is 0 Å². The van der Waals surface area contributed by atoms with Gasteiger partial charge in [-0.15, -0.1) is 0 Å². The van der Waals surface area contributed by atoms with Gasteiger partial charge in [-0.25, -0.2) is 0 Å². The molecule has 0 heterocycles. The van der Waals surface area contributed by atoms with Crippen LogP contribution in [0.15, 0.2) is 24.3 Å². The zero-order valence-electron chi connectivity index (χ0n) is 8.29. The van der Waals surface area contributed by atoms with Gasteiger partial charge >= 0.3 is 0 Å². The molecule has 0 aliphatic carbocycles. The molecule has 0 fully saturated rings. The van der Waals surface area contributed by atoms with E-state index in [-0.39, 0.29) is 6.04 Å². The van der Waals surface area contributed by atoms with Gasteiger partial charge in [0.1, 0.15) is 5.75 Å². The third-order valence-corrected chi connectivity index (χ3v) is 1.79. The molecule has 1 aromatic carbocycles. The third-order valence-electron chi connectivity index (χ3n) is 1.79. The molecule has 0 aliphatic rings. The molecule has 0 radical (unpaired) electrons. The second kappa shape index (κ2) is 4.87. The van der Waals surface area contributed by atoms with Crippen molar-refractivity contribution < 1.29 is 4.74 Å². The van der Waals surface area contributed by atoms with Gasteiger partial charge in [-0.1, -0.05) is 12.1 Å². The fourth-order valence-electron chi connectivity index (χ4n) is 1.26. The summed E-state index contributed by atoms with van der Waals surface area (Å²) in [6.45, 7) is 4.71. The second-order valence-electron chi connectivity index (χ2n) is 3.26. The van der Waals surface area contributed by atoms with Crippen LogP contribution in [0.3, 0.4) is 0 Å². The molecular formula is C11H17NO. The average molecular weight is 179 g/mol. The lowest BCUT2D eigenvalue weighted by molar-refractivity contribution is 0.340. The lowest BCUT2D eigenvalue weighted by Crippen LogP contribution is -2.17. The molecule has 1 rings (SSSR count). The highest BCUT2D eigenvalue weighted by Gasteiger charge is 1.97. The van der Waals surface area contributed by atoms with Crippen LogP contribution in [0.5, 0.6) is 5.75 Å². The van der Waals surface area contributed by atoms with Gasteiger partial charge in [0.05, 0.1) is 6.61 Å². The van der Waals surface area contributed by atoms with E-state index in [4.69, 9.17) is 10.5 Å². The summed E-state index contributed by atoms with van der Waals surface area (Å²) in [7, 11) is 0. The quantitative estimate of drug-likeness (QED) is 0.767. The highest BCUT2D eigenvalue weighted by Crippen LogP contribution is 2.12. The molecule has 72 valence electrons. The number of hydrogen-bond acceptors (Lipinski definition) is 2. The Morgan fingerprint density at radius 1 is 1.31 bits per heavy atom. The van der Waals surface area contributed by atoms with Crippen molar-refractivity contribution in [3.8, 4) is 5.75 Å². The predicted molar refractivity (Wildman–Crippen MR) is 55.0 cm³/mol. The van der Waals surface area contributed by atoms with Crippen molar-refractivity contribution in [3.63, 3.8) is 0 Å². The van der Waals surface area contributed by atoms with E-state index in [2.05, 4.69) is 12.1 Å². The van der Waals surface area contributed by atoms with Crippen molar-refractivity contribution in [3.05, 3.63) is 29.8 Å². The van der Waals surface area contributed by atoms with Crippen molar-refractivity contribution in [2.45, 2.75) is 26.3 Å². The van der Waals surface area contributed by atoms with E-state index in [1.807, 2.05) is 26.0 Å². The number of benzene rings is 1. The topological polar surface area (TPSA) is 35.2 Å². The molecule has 2 N–H and O–H groups in total. The van der Waals surface area contributed by atoms with Crippen LogP contribution < -0.4 is 10.5 Å². The minimum atomic E-state index is 0.220. The highest BCUT2D eigenvalue weighted by molar-refractivity contribution is 5.27. The van der Waals surface area contributed by atoms with Gasteiger partial charge in [-0.2, -0.15) is 0 Å². The van der Waals surface area contributed by atoms with Crippen molar-refractivity contribution in [2.75, 3.05) is 6.61 Å². The summed E-state index contributed by atoms with van der Waals surface area (Å²) in [6.07, 6.45) is 0.923. The van der Waals surface area contributed by atoms with Gasteiger partial charge in [-0.05, 0) is 38.0 Å². The largest absolute Gasteiger partial charge is 0.494 e. The fourth-order valence-corrected chi connectivity index (χ4v) is 1.26. The Morgan fingerprint density at radius 2 is 1.92 bits per heavy atom. The van der Waals surface area contributed by atoms with E-state index in [9.17, 15) is 0 Å². The van der Waals surface area contributed by atoms with E-state index >= 15 is 0 Å². The summed E-state index contributed by atoms with van der Waals surface area (Å²) in [6, 6.07) is 8.32. The summed E-state index contributed by atoms with van der Waals surface area (Å²) >= 11 is 0. The molecule has 2 heteroatoms. The van der Waals surface area contributed by atoms with Gasteiger partial charge in [0, 0.05) is 6.04 Å². The standard InChI is InChI=1S/C11H17NO/c1-3-13-11-6-4-10(5-7-11)8-9(2)12/h4-7,9H,3,8,12H2,1-2H3/t9-/m0/s1. The average Bonchev–Trinajstić information content (AvgIpc) is 2.08. The molecule has 0 aromatic heterocycles. The van der Waals surface area contributed by atoms with E-state index in [1.54, 1.807) is 0 Å². The molecule has 1 atom stereocenters. The summed E-state index contributed by atoms with van der Waals surface area (Å²) in [5, 5.41) is 0. The SMILES string of the molecule is CCOc1ccc(C[C@H](C)N)cc1. The summed E-state index contributed by atoms with van der Waals surface area (Å²) in [5.74, 6) is 0.927. The first kappa shape index (κ1) is 10.1. The second-order valence-corrected chi connectivity index (χ2v) is 3.26. The molecular weight excluding hydrogens is 162 g/mol. The molecule has 0 bridgehead atoms. The first-order valence-electron chi connectivity index (χ1n) is 4.69. The number of hydrogen-bond donors (Lipinski definition) is 1. The Balaban J connectivity index is 2.59. The minimum absolute atomic E-state index is 0.220. The van der Waals surface area contributed by atoms with Crippen molar-refractivity contribution in [1.29, 1.82) is 0 Å². The van der Waals surface area contributed by atoms with E-state index in [1.165, 1.54) is 5.56 Å². The first-order valence-corrected chi connectivity index (χ1v) is 4.69. The minimum Gasteiger partial charge on any atom is -0.494 e. The Kier molecular flexibility index (Phi) is 3.77. The molecule has 0 saturated heterocycles. The molecule has 0 amide bonds. The van der Waals surface area contributed by atoms with E-state index in [0.29, 0.717) is 6.61 Å². The molecule has 13 heavy (non-hydrogen) atoms. The van der Waals surface area contributed by atoms with Gasteiger partial charge < -0.3 is 10.5 Å². The van der Waals surface area contributed by atoms with Crippen LogP contribution in [0.1, 0.15) is 19.4 Å². The Hall–Kier alpha value is -1.02. The molecule has 2 nitrogen and oxygen atoms in total. The normalized spacial score (nSPS) is 12.5. The third kappa shape index (κ3) is 3.47. The molecule has 1 aromatic rings. The maximum absolute atomic E-state index is 5.69. The smallest absolute Gasteiger partial charge is 0.119 e. The molecule has 0 aliphatic heterocycles. The first-order chi connectivity index (χ1) is 6.22. The number of ether oxygens (including phenoxy) is 1. The molecule has 0 saturated carbocycles. The fraction of sp³-hybridized carbons (Fsp3) is 0.455. The van der Waals surface area contributed by atoms with Crippen LogP contribution in [-0.2, 0) is 6.42 Å².